The Morgan fingerprint density at radius 2 is 1.03 bits per heavy atom. The van der Waals surface area contributed by atoms with Crippen molar-refractivity contribution in [3.63, 3.8) is 0 Å². The van der Waals surface area contributed by atoms with Crippen molar-refractivity contribution in [1.29, 1.82) is 0 Å². The van der Waals surface area contributed by atoms with Crippen molar-refractivity contribution in [2.24, 2.45) is 0 Å². The van der Waals surface area contributed by atoms with Crippen molar-refractivity contribution in [3.05, 3.63) is 157 Å². The molecule has 1 aliphatic carbocycles. The Morgan fingerprint density at radius 3 is 1.44 bits per heavy atom. The number of rotatable bonds is 4. The molecular formula is C31H26NO2+. The van der Waals surface area contributed by atoms with E-state index in [-0.39, 0.29) is 0 Å². The highest BCUT2D eigenvalue weighted by Gasteiger charge is 2.32. The fourth-order valence-electron chi connectivity index (χ4n) is 4.15. The fraction of sp³-hybridized carbons (Fsp3) is 0.0645. The van der Waals surface area contributed by atoms with Crippen molar-refractivity contribution in [2.75, 3.05) is 0 Å². The third-order valence-corrected chi connectivity index (χ3v) is 5.73. The molecule has 1 fully saturated rings. The van der Waals surface area contributed by atoms with Gasteiger partial charge >= 0.3 is 0 Å². The highest BCUT2D eigenvalue weighted by molar-refractivity contribution is 6.17. The molecule has 0 radical (unpaired) electrons. The number of hydrogen-bond donors (Lipinski definition) is 0. The zero-order valence-electron chi connectivity index (χ0n) is 18.9. The van der Waals surface area contributed by atoms with Crippen molar-refractivity contribution >= 4 is 17.1 Å². The van der Waals surface area contributed by atoms with Crippen LogP contribution in [-0.2, 0) is 9.47 Å². The first-order chi connectivity index (χ1) is 16.9. The average Bonchev–Trinajstić information content (AvgIpc) is 3.31. The molecule has 3 heteroatoms. The van der Waals surface area contributed by atoms with Gasteiger partial charge in [0, 0.05) is 35.4 Å². The maximum atomic E-state index is 5.63. The lowest BCUT2D eigenvalue weighted by Crippen LogP contribution is -2.17. The van der Waals surface area contributed by atoms with Crippen LogP contribution in [0, 0.1) is 0 Å². The molecule has 34 heavy (non-hydrogen) atoms. The lowest BCUT2D eigenvalue weighted by atomic mass is 10.1. The summed E-state index contributed by atoms with van der Waals surface area (Å²) in [4.78, 5) is 0. The molecule has 1 saturated carbocycles. The molecule has 3 nitrogen and oxygen atoms in total. The van der Waals surface area contributed by atoms with Crippen LogP contribution in [-0.4, -0.2) is 5.71 Å². The van der Waals surface area contributed by atoms with Crippen LogP contribution in [0.25, 0.3) is 0 Å². The summed E-state index contributed by atoms with van der Waals surface area (Å²) in [6.07, 6.45) is 25.4. The predicted molar refractivity (Wildman–Crippen MR) is 140 cm³/mol. The molecular weight excluding hydrogens is 418 g/mol. The van der Waals surface area contributed by atoms with E-state index >= 15 is 0 Å². The Morgan fingerprint density at radius 1 is 0.559 bits per heavy atom. The second-order valence-electron chi connectivity index (χ2n) is 7.99. The monoisotopic (exact) mass is 444 g/mol. The maximum absolute atomic E-state index is 5.63. The van der Waals surface area contributed by atoms with E-state index in [9.17, 15) is 0 Å². The largest absolute Gasteiger partial charge is 0.465 e. The van der Waals surface area contributed by atoms with Gasteiger partial charge in [-0.3, -0.25) is 0 Å². The molecule has 0 spiro atoms. The third-order valence-electron chi connectivity index (χ3n) is 5.73. The van der Waals surface area contributed by atoms with Gasteiger partial charge in [0.2, 0.25) is 17.1 Å². The van der Waals surface area contributed by atoms with Gasteiger partial charge in [-0.2, -0.15) is 4.58 Å². The van der Waals surface area contributed by atoms with Crippen LogP contribution in [0.1, 0.15) is 12.8 Å². The van der Waals surface area contributed by atoms with Gasteiger partial charge in [-0.1, -0.05) is 48.6 Å². The molecule has 2 aromatic rings. The smallest absolute Gasteiger partial charge is 0.218 e. The molecule has 166 valence electrons. The normalized spacial score (nSPS) is 21.5. The molecule has 3 aliphatic rings. The van der Waals surface area contributed by atoms with Gasteiger partial charge in [0.25, 0.3) is 0 Å². The lowest BCUT2D eigenvalue weighted by Gasteiger charge is -2.09. The first kappa shape index (κ1) is 21.5. The molecule has 2 heterocycles. The SMILES string of the molecule is C1=CO/C(=C/C=C2\CC/C(=C\C=C3/C=CC=CO3)C2=[N+](c2ccccc2)c2ccccc2)C=C1. The number of nitrogens with zero attached hydrogens (tertiary/aromatic N) is 1. The first-order valence-electron chi connectivity index (χ1n) is 11.5. The van der Waals surface area contributed by atoms with E-state index in [0.717, 1.165) is 35.7 Å². The summed E-state index contributed by atoms with van der Waals surface area (Å²) in [6.45, 7) is 0. The molecule has 0 unspecified atom stereocenters. The van der Waals surface area contributed by atoms with Crippen molar-refractivity contribution in [2.45, 2.75) is 12.8 Å². The molecule has 0 N–H and O–H groups in total. The quantitative estimate of drug-likeness (QED) is 0.453. The maximum Gasteiger partial charge on any atom is 0.218 e. The van der Waals surface area contributed by atoms with E-state index < -0.39 is 0 Å². The summed E-state index contributed by atoms with van der Waals surface area (Å²) < 4.78 is 13.6. The molecule has 0 bridgehead atoms. The summed E-state index contributed by atoms with van der Waals surface area (Å²) >= 11 is 0. The van der Waals surface area contributed by atoms with Crippen LogP contribution in [0.5, 0.6) is 0 Å². The lowest BCUT2D eigenvalue weighted by molar-refractivity contribution is 0.364. The molecule has 5 rings (SSSR count). The number of hydrogen-bond acceptors (Lipinski definition) is 2. The van der Waals surface area contributed by atoms with Crippen molar-refractivity contribution in [3.8, 4) is 0 Å². The zero-order valence-corrected chi connectivity index (χ0v) is 18.9. The van der Waals surface area contributed by atoms with E-state index in [4.69, 9.17) is 9.47 Å². The minimum absolute atomic E-state index is 0.826. The summed E-state index contributed by atoms with van der Waals surface area (Å²) in [6, 6.07) is 21.0. The Bertz CT molecular complexity index is 1210. The Balaban J connectivity index is 1.68. The second-order valence-corrected chi connectivity index (χ2v) is 7.99. The number of benzene rings is 2. The minimum Gasteiger partial charge on any atom is -0.465 e. The van der Waals surface area contributed by atoms with E-state index in [1.54, 1.807) is 12.5 Å². The van der Waals surface area contributed by atoms with E-state index in [1.165, 1.54) is 16.9 Å². The molecule has 0 atom stereocenters. The Labute approximate surface area is 200 Å². The highest BCUT2D eigenvalue weighted by Crippen LogP contribution is 2.33. The van der Waals surface area contributed by atoms with E-state index in [2.05, 4.69) is 77.4 Å². The van der Waals surface area contributed by atoms with Gasteiger partial charge < -0.3 is 9.47 Å². The molecule has 0 amide bonds. The predicted octanol–water partition coefficient (Wildman–Crippen LogP) is 7.58. The molecule has 2 aliphatic heterocycles. The van der Waals surface area contributed by atoms with Gasteiger partial charge in [-0.05, 0) is 61.4 Å². The van der Waals surface area contributed by atoms with Gasteiger partial charge in [-0.25, -0.2) is 0 Å². The van der Waals surface area contributed by atoms with Crippen molar-refractivity contribution < 1.29 is 9.47 Å². The van der Waals surface area contributed by atoms with E-state index in [1.807, 2.05) is 48.6 Å². The van der Waals surface area contributed by atoms with Crippen LogP contribution >= 0.6 is 0 Å². The van der Waals surface area contributed by atoms with Gasteiger partial charge in [-0.15, -0.1) is 0 Å². The topological polar surface area (TPSA) is 21.5 Å². The fourth-order valence-corrected chi connectivity index (χ4v) is 4.15. The minimum atomic E-state index is 0.826. The molecule has 2 aromatic carbocycles. The second kappa shape index (κ2) is 10.5. The van der Waals surface area contributed by atoms with Crippen LogP contribution in [0.2, 0.25) is 0 Å². The van der Waals surface area contributed by atoms with Gasteiger partial charge in [0.1, 0.15) is 11.5 Å². The Hall–Kier alpha value is -4.37. The van der Waals surface area contributed by atoms with Gasteiger partial charge in [0.05, 0.1) is 12.5 Å². The standard InChI is InChI=1S/C31H26NO2/c1-3-11-27(12-4-1)32(28-13-5-2-6-14-28)31-25(19-21-29-15-7-9-23-33-29)17-18-26(31)20-22-30-16-8-10-24-34-30/h1-16,19-24H,17-18H2/q+1/b25-19+,26-20+,29-21+,30-22+. The van der Waals surface area contributed by atoms with Gasteiger partial charge in [0.15, 0.2) is 0 Å². The van der Waals surface area contributed by atoms with Crippen LogP contribution < -0.4 is 4.58 Å². The molecule has 0 aromatic heterocycles. The summed E-state index contributed by atoms with van der Waals surface area (Å²) in [5, 5.41) is 0. The first-order valence-corrected chi connectivity index (χ1v) is 11.5. The highest BCUT2D eigenvalue weighted by atomic mass is 16.5. The van der Waals surface area contributed by atoms with Crippen LogP contribution in [0.15, 0.2) is 157 Å². The van der Waals surface area contributed by atoms with E-state index in [0.29, 0.717) is 0 Å². The summed E-state index contributed by atoms with van der Waals surface area (Å²) in [7, 11) is 0. The number of allylic oxidation sites excluding steroid dienone is 12. The average molecular weight is 445 g/mol. The number of para-hydroxylation sites is 2. The molecule has 0 saturated heterocycles. The Kier molecular flexibility index (Phi) is 6.63. The zero-order chi connectivity index (χ0) is 23.0. The van der Waals surface area contributed by atoms with Crippen molar-refractivity contribution in [1.82, 2.24) is 4.58 Å². The van der Waals surface area contributed by atoms with Crippen LogP contribution in [0.3, 0.4) is 0 Å². The third kappa shape index (κ3) is 5.00. The summed E-state index contributed by atoms with van der Waals surface area (Å²) in [5.41, 5.74) is 5.96. The van der Waals surface area contributed by atoms with Crippen LogP contribution in [0.4, 0.5) is 11.4 Å². The summed E-state index contributed by atoms with van der Waals surface area (Å²) in [5.74, 6) is 1.65. The number of ether oxygens (including phenoxy) is 2.